The van der Waals surface area contributed by atoms with E-state index in [9.17, 15) is 4.79 Å². The van der Waals surface area contributed by atoms with Gasteiger partial charge in [-0.25, -0.2) is 4.68 Å². The van der Waals surface area contributed by atoms with Crippen molar-refractivity contribution in [3.05, 3.63) is 29.0 Å². The third kappa shape index (κ3) is 6.37. The zero-order chi connectivity index (χ0) is 18.1. The summed E-state index contributed by atoms with van der Waals surface area (Å²) in [6.45, 7) is 4.58. The van der Waals surface area contributed by atoms with Gasteiger partial charge in [0, 0.05) is 12.2 Å². The second-order valence-electron chi connectivity index (χ2n) is 5.73. The average Bonchev–Trinajstić information content (AvgIpc) is 3.03. The van der Waals surface area contributed by atoms with Gasteiger partial charge in [-0.2, -0.15) is 5.21 Å². The number of benzene rings is 1. The number of aromatic amines is 1. The van der Waals surface area contributed by atoms with Crippen molar-refractivity contribution >= 4 is 23.8 Å². The van der Waals surface area contributed by atoms with Gasteiger partial charge in [-0.15, -0.1) is 0 Å². The molecule has 2 N–H and O–H groups in total. The highest BCUT2D eigenvalue weighted by Crippen LogP contribution is 2.13. The Balaban J connectivity index is 1.77. The van der Waals surface area contributed by atoms with Crippen LogP contribution in [0.15, 0.2) is 24.3 Å². The van der Waals surface area contributed by atoms with Gasteiger partial charge in [0.25, 0.3) is 0 Å². The van der Waals surface area contributed by atoms with Crippen LogP contribution in [0.25, 0.3) is 5.69 Å². The number of H-pyrrole nitrogens is 1. The number of tetrazole rings is 1. The number of hydrogen-bond donors (Lipinski definition) is 2. The first kappa shape index (κ1) is 19.2. The van der Waals surface area contributed by atoms with Crippen LogP contribution in [0, 0.1) is 4.77 Å². The predicted molar refractivity (Wildman–Crippen MR) is 98.4 cm³/mol. The largest absolute Gasteiger partial charge is 0.370 e. The fourth-order valence-corrected chi connectivity index (χ4v) is 2.40. The van der Waals surface area contributed by atoms with Crippen LogP contribution in [0.5, 0.6) is 0 Å². The molecule has 1 aromatic carbocycles. The van der Waals surface area contributed by atoms with Crippen molar-refractivity contribution in [1.82, 2.24) is 25.1 Å². The van der Waals surface area contributed by atoms with Crippen molar-refractivity contribution in [2.75, 3.05) is 38.7 Å². The maximum atomic E-state index is 12.0. The number of unbranched alkanes of at least 4 members (excludes halogenated alkanes) is 1. The number of nitrogens with zero attached hydrogens (tertiary/aromatic N) is 4. The average molecular weight is 364 g/mol. The van der Waals surface area contributed by atoms with Crippen LogP contribution in [0.3, 0.4) is 0 Å². The van der Waals surface area contributed by atoms with E-state index in [-0.39, 0.29) is 12.5 Å². The molecule has 0 aliphatic heterocycles. The fourth-order valence-electron chi connectivity index (χ4n) is 2.21. The molecular formula is C16H24N6O2S. The maximum absolute atomic E-state index is 12.0. The van der Waals surface area contributed by atoms with Crippen LogP contribution in [-0.4, -0.2) is 64.4 Å². The van der Waals surface area contributed by atoms with Gasteiger partial charge in [0.15, 0.2) is 0 Å². The van der Waals surface area contributed by atoms with Gasteiger partial charge in [-0.3, -0.25) is 4.79 Å². The molecule has 1 amide bonds. The molecule has 0 saturated carbocycles. The molecule has 9 heteroatoms. The van der Waals surface area contributed by atoms with Gasteiger partial charge in [-0.1, -0.05) is 29.7 Å². The lowest BCUT2D eigenvalue weighted by Crippen LogP contribution is -2.26. The number of rotatable bonds is 10. The van der Waals surface area contributed by atoms with Gasteiger partial charge in [-0.05, 0) is 50.4 Å². The van der Waals surface area contributed by atoms with Gasteiger partial charge < -0.3 is 15.0 Å². The second-order valence-corrected chi connectivity index (χ2v) is 6.09. The van der Waals surface area contributed by atoms with E-state index >= 15 is 0 Å². The number of ether oxygens (including phenoxy) is 1. The van der Waals surface area contributed by atoms with Crippen LogP contribution in [0.4, 0.5) is 5.69 Å². The quantitative estimate of drug-likeness (QED) is 0.495. The first-order valence-electron chi connectivity index (χ1n) is 8.27. The maximum Gasteiger partial charge on any atom is 0.250 e. The molecule has 0 unspecified atom stereocenters. The van der Waals surface area contributed by atoms with Crippen molar-refractivity contribution in [2.24, 2.45) is 0 Å². The van der Waals surface area contributed by atoms with Crippen molar-refractivity contribution in [1.29, 1.82) is 0 Å². The highest BCUT2D eigenvalue weighted by molar-refractivity contribution is 7.71. The summed E-state index contributed by atoms with van der Waals surface area (Å²) in [5, 5.41) is 12.9. The molecule has 0 fully saturated rings. The van der Waals surface area contributed by atoms with E-state index in [2.05, 4.69) is 39.7 Å². The molecule has 0 spiro atoms. The third-order valence-electron chi connectivity index (χ3n) is 3.60. The number of hydrogen-bond acceptors (Lipinski definition) is 6. The molecule has 0 atom stereocenters. The summed E-state index contributed by atoms with van der Waals surface area (Å²) in [7, 11) is 2.06. The summed E-state index contributed by atoms with van der Waals surface area (Å²) in [4.78, 5) is 14.2. The normalized spacial score (nSPS) is 11.0. The van der Waals surface area contributed by atoms with Crippen LogP contribution < -0.4 is 5.32 Å². The van der Waals surface area contributed by atoms with Crippen LogP contribution in [0.2, 0.25) is 0 Å². The third-order valence-corrected chi connectivity index (χ3v) is 3.87. The molecule has 2 rings (SSSR count). The lowest BCUT2D eigenvalue weighted by atomic mass is 10.3. The number of aromatic nitrogens is 4. The highest BCUT2D eigenvalue weighted by Gasteiger charge is 2.06. The molecule has 136 valence electrons. The number of nitrogens with one attached hydrogen (secondary N) is 2. The first-order valence-corrected chi connectivity index (χ1v) is 8.67. The van der Waals surface area contributed by atoms with E-state index in [0.29, 0.717) is 17.1 Å². The Kier molecular flexibility index (Phi) is 7.71. The minimum atomic E-state index is -0.195. The first-order chi connectivity index (χ1) is 12.1. The minimum Gasteiger partial charge on any atom is -0.370 e. The number of amides is 1. The Labute approximate surface area is 152 Å². The van der Waals surface area contributed by atoms with Gasteiger partial charge in [0.1, 0.15) is 6.61 Å². The molecule has 2 aromatic rings. The Morgan fingerprint density at radius 1 is 1.44 bits per heavy atom. The van der Waals surface area contributed by atoms with Crippen molar-refractivity contribution in [2.45, 2.75) is 19.8 Å². The summed E-state index contributed by atoms with van der Waals surface area (Å²) in [6.07, 6.45) is 2.34. The topological polar surface area (TPSA) is 88.1 Å². The lowest BCUT2D eigenvalue weighted by Gasteiger charge is -2.15. The van der Waals surface area contributed by atoms with E-state index in [0.717, 1.165) is 18.8 Å². The fraction of sp³-hybridized carbons (Fsp3) is 0.500. The lowest BCUT2D eigenvalue weighted by molar-refractivity contribution is -0.120. The summed E-state index contributed by atoms with van der Waals surface area (Å²) in [6, 6.07) is 7.24. The Morgan fingerprint density at radius 3 is 3.00 bits per heavy atom. The minimum absolute atomic E-state index is 0.0247. The zero-order valence-electron chi connectivity index (χ0n) is 14.6. The SMILES string of the molecule is CCCCN(C)CCOCC(=O)Nc1cccc(-n2[nH]nnc2=S)c1. The number of carbonyl (C=O) groups excluding carboxylic acids is 1. The molecule has 1 aromatic heterocycles. The van der Waals surface area contributed by atoms with Crippen molar-refractivity contribution in [3.63, 3.8) is 0 Å². The van der Waals surface area contributed by atoms with Crippen LogP contribution >= 0.6 is 12.2 Å². The van der Waals surface area contributed by atoms with E-state index in [1.165, 1.54) is 12.8 Å². The smallest absolute Gasteiger partial charge is 0.250 e. The van der Waals surface area contributed by atoms with Gasteiger partial charge >= 0.3 is 0 Å². The summed E-state index contributed by atoms with van der Waals surface area (Å²) in [5.41, 5.74) is 1.40. The van der Waals surface area contributed by atoms with Crippen LogP contribution in [0.1, 0.15) is 19.8 Å². The second kappa shape index (κ2) is 10.0. The monoisotopic (exact) mass is 364 g/mol. The van der Waals surface area contributed by atoms with E-state index in [4.69, 9.17) is 17.0 Å². The summed E-state index contributed by atoms with van der Waals surface area (Å²) < 4.78 is 7.31. The van der Waals surface area contributed by atoms with Crippen LogP contribution in [-0.2, 0) is 9.53 Å². The molecular weight excluding hydrogens is 340 g/mol. The Morgan fingerprint density at radius 2 is 2.28 bits per heavy atom. The standard InChI is InChI=1S/C16H24N6O2S/c1-3-4-8-21(2)9-10-24-12-15(23)17-13-6-5-7-14(11-13)22-16(25)18-19-20-22/h5-7,11H,3-4,8-10,12H2,1-2H3,(H,17,23)(H,18,20,25). The van der Waals surface area contributed by atoms with E-state index < -0.39 is 0 Å². The molecule has 1 heterocycles. The number of likely N-dealkylation sites (N-methyl/N-ethyl adjacent to an activating group) is 1. The molecule has 0 saturated heterocycles. The molecule has 25 heavy (non-hydrogen) atoms. The highest BCUT2D eigenvalue weighted by atomic mass is 32.1. The molecule has 0 radical (unpaired) electrons. The van der Waals surface area contributed by atoms with Crippen molar-refractivity contribution < 1.29 is 9.53 Å². The van der Waals surface area contributed by atoms with E-state index in [1.807, 2.05) is 12.1 Å². The number of anilines is 1. The van der Waals surface area contributed by atoms with E-state index in [1.54, 1.807) is 16.8 Å². The Hall–Kier alpha value is -2.10. The predicted octanol–water partition coefficient (Wildman–Crippen LogP) is 2.01. The van der Waals surface area contributed by atoms with Gasteiger partial charge in [0.05, 0.1) is 12.3 Å². The summed E-state index contributed by atoms with van der Waals surface area (Å²) >= 11 is 5.06. The molecule has 0 bridgehead atoms. The van der Waals surface area contributed by atoms with Crippen molar-refractivity contribution in [3.8, 4) is 5.69 Å². The Bertz CT molecular complexity index is 729. The molecule has 0 aliphatic rings. The zero-order valence-corrected chi connectivity index (χ0v) is 15.4. The molecule has 8 nitrogen and oxygen atoms in total. The number of carbonyl (C=O) groups is 1. The molecule has 0 aliphatic carbocycles. The van der Waals surface area contributed by atoms with Gasteiger partial charge in [0.2, 0.25) is 10.7 Å². The summed E-state index contributed by atoms with van der Waals surface area (Å²) in [5.74, 6) is -0.195.